The van der Waals surface area contributed by atoms with Crippen LogP contribution in [0.3, 0.4) is 0 Å². The first-order chi connectivity index (χ1) is 17.1. The minimum absolute atomic E-state index is 0.0247. The van der Waals surface area contributed by atoms with Crippen LogP contribution in [0.4, 0.5) is 4.79 Å². The van der Waals surface area contributed by atoms with Crippen molar-refractivity contribution in [3.8, 4) is 0 Å². The lowest BCUT2D eigenvalue weighted by atomic mass is 9.83. The Bertz CT molecular complexity index is 910. The Morgan fingerprint density at radius 2 is 1.69 bits per heavy atom. The predicted octanol–water partition coefficient (Wildman–Crippen LogP) is 1.50. The molecule has 1 saturated heterocycles. The zero-order valence-corrected chi connectivity index (χ0v) is 21.6. The van der Waals surface area contributed by atoms with Gasteiger partial charge in [0.05, 0.1) is 12.6 Å². The number of carbonyl (C=O) groups is 5. The molecule has 0 aromatic carbocycles. The van der Waals surface area contributed by atoms with Crippen LogP contribution >= 0.6 is 0 Å². The highest BCUT2D eigenvalue weighted by Crippen LogP contribution is 2.65. The summed E-state index contributed by atoms with van der Waals surface area (Å²) in [6.07, 6.45) is 6.35. The summed E-state index contributed by atoms with van der Waals surface area (Å²) in [4.78, 5) is 65.6. The molecule has 36 heavy (non-hydrogen) atoms. The molecule has 0 aromatic heterocycles. The van der Waals surface area contributed by atoms with Crippen LogP contribution < -0.4 is 16.4 Å². The van der Waals surface area contributed by atoms with Crippen LogP contribution in [0.2, 0.25) is 0 Å². The van der Waals surface area contributed by atoms with Crippen LogP contribution in [0.1, 0.15) is 72.1 Å². The van der Waals surface area contributed by atoms with E-state index in [-0.39, 0.29) is 41.6 Å². The standard InChI is InChI=1S/C26H40N4O6/c1-4-36-25(35)29-19(15-8-6-5-7-9-15)24(34)30-13-16-18(26(16,2)3)20(30)23(33)28-17(12-14-10-11-14)21(31)22(27)32/h14-20H,4-13H2,1-3H3,(H2,27,32)(H,28,33)(H,29,35)/t16-,17?,18-,19-,20-/m0/s1. The minimum Gasteiger partial charge on any atom is -0.450 e. The van der Waals surface area contributed by atoms with Crippen molar-refractivity contribution in [2.45, 2.75) is 90.3 Å². The van der Waals surface area contributed by atoms with Crippen LogP contribution in [0.15, 0.2) is 0 Å². The molecule has 0 spiro atoms. The largest absolute Gasteiger partial charge is 0.450 e. The number of fused-ring (bicyclic) bond motifs is 1. The first-order valence-electron chi connectivity index (χ1n) is 13.4. The molecule has 5 atom stereocenters. The summed E-state index contributed by atoms with van der Waals surface area (Å²) < 4.78 is 5.08. The van der Waals surface area contributed by atoms with Crippen molar-refractivity contribution in [1.82, 2.24) is 15.5 Å². The number of nitrogens with one attached hydrogen (secondary N) is 2. The van der Waals surface area contributed by atoms with E-state index in [0.717, 1.165) is 44.9 Å². The average Bonchev–Trinajstić information content (AvgIpc) is 3.69. The highest BCUT2D eigenvalue weighted by Gasteiger charge is 2.69. The first kappa shape index (κ1) is 26.4. The summed E-state index contributed by atoms with van der Waals surface area (Å²) in [7, 11) is 0. The quantitative estimate of drug-likeness (QED) is 0.384. The van der Waals surface area contributed by atoms with E-state index < -0.39 is 41.8 Å². The van der Waals surface area contributed by atoms with Crippen molar-refractivity contribution in [2.24, 2.45) is 34.8 Å². The fourth-order valence-corrected chi connectivity index (χ4v) is 6.49. The molecule has 1 heterocycles. The topological polar surface area (TPSA) is 148 Å². The van der Waals surface area contributed by atoms with Crippen molar-refractivity contribution in [3.63, 3.8) is 0 Å². The van der Waals surface area contributed by atoms with Gasteiger partial charge >= 0.3 is 6.09 Å². The lowest BCUT2D eigenvalue weighted by Gasteiger charge is -2.37. The van der Waals surface area contributed by atoms with Gasteiger partial charge in [0.25, 0.3) is 5.91 Å². The number of ketones is 1. The van der Waals surface area contributed by atoms with Gasteiger partial charge in [0.15, 0.2) is 0 Å². The van der Waals surface area contributed by atoms with Gasteiger partial charge in [0.1, 0.15) is 12.1 Å². The van der Waals surface area contributed by atoms with Crippen molar-refractivity contribution < 1.29 is 28.7 Å². The molecule has 1 aliphatic heterocycles. The van der Waals surface area contributed by atoms with Gasteiger partial charge in [-0.1, -0.05) is 46.0 Å². The third-order valence-electron chi connectivity index (χ3n) is 8.84. The Morgan fingerprint density at radius 3 is 2.28 bits per heavy atom. The number of piperidine rings is 1. The van der Waals surface area contributed by atoms with Crippen molar-refractivity contribution in [2.75, 3.05) is 13.2 Å². The van der Waals surface area contributed by atoms with Gasteiger partial charge in [-0.2, -0.15) is 0 Å². The van der Waals surface area contributed by atoms with Gasteiger partial charge in [-0.15, -0.1) is 0 Å². The van der Waals surface area contributed by atoms with Gasteiger partial charge in [0, 0.05) is 6.54 Å². The summed E-state index contributed by atoms with van der Waals surface area (Å²) in [5.74, 6) is -2.22. The molecule has 200 valence electrons. The van der Waals surface area contributed by atoms with Crippen LogP contribution in [-0.4, -0.2) is 65.8 Å². The second-order valence-electron chi connectivity index (χ2n) is 11.6. The number of likely N-dealkylation sites (tertiary alicyclic amines) is 1. The number of Topliss-reactive ketones (excluding diaryl/α,β-unsaturated/α-hetero) is 1. The second-order valence-corrected chi connectivity index (χ2v) is 11.6. The Hall–Kier alpha value is -2.65. The van der Waals surface area contributed by atoms with Gasteiger partial charge in [0.2, 0.25) is 17.6 Å². The molecule has 0 bridgehead atoms. The fourth-order valence-electron chi connectivity index (χ4n) is 6.49. The highest BCUT2D eigenvalue weighted by molar-refractivity contribution is 6.37. The molecule has 0 radical (unpaired) electrons. The summed E-state index contributed by atoms with van der Waals surface area (Å²) in [5.41, 5.74) is 5.14. The molecular formula is C26H40N4O6. The molecule has 4 amide bonds. The van der Waals surface area contributed by atoms with E-state index in [1.807, 2.05) is 0 Å². The number of nitrogens with two attached hydrogens (primary N) is 1. The third kappa shape index (κ3) is 5.37. The molecular weight excluding hydrogens is 464 g/mol. The van der Waals surface area contributed by atoms with E-state index in [1.165, 1.54) is 0 Å². The molecule has 10 heteroatoms. The number of ether oxygens (including phenoxy) is 1. The monoisotopic (exact) mass is 504 g/mol. The Morgan fingerprint density at radius 1 is 1.03 bits per heavy atom. The van der Waals surface area contributed by atoms with Crippen LogP contribution in [0.25, 0.3) is 0 Å². The molecule has 3 saturated carbocycles. The second kappa shape index (κ2) is 10.4. The number of amides is 4. The third-order valence-corrected chi connectivity index (χ3v) is 8.84. The maximum atomic E-state index is 13.9. The van der Waals surface area contributed by atoms with E-state index >= 15 is 0 Å². The van der Waals surface area contributed by atoms with Crippen molar-refractivity contribution in [1.29, 1.82) is 0 Å². The number of alkyl carbamates (subject to hydrolysis) is 1. The molecule has 4 aliphatic rings. The summed E-state index contributed by atoms with van der Waals surface area (Å²) in [6, 6.07) is -2.52. The molecule has 0 aromatic rings. The Labute approximate surface area is 212 Å². The van der Waals surface area contributed by atoms with Gasteiger partial charge in [-0.05, 0) is 55.3 Å². The van der Waals surface area contributed by atoms with Crippen molar-refractivity contribution >= 4 is 29.6 Å². The average molecular weight is 505 g/mol. The zero-order chi connectivity index (χ0) is 26.2. The van der Waals surface area contributed by atoms with E-state index in [2.05, 4.69) is 24.5 Å². The molecule has 10 nitrogen and oxygen atoms in total. The minimum atomic E-state index is -1.07. The van der Waals surface area contributed by atoms with Gasteiger partial charge < -0.3 is 26.0 Å². The molecule has 4 fully saturated rings. The first-order valence-corrected chi connectivity index (χ1v) is 13.4. The van der Waals surface area contributed by atoms with Gasteiger partial charge in [-0.3, -0.25) is 19.2 Å². The molecule has 4 N–H and O–H groups in total. The van der Waals surface area contributed by atoms with Crippen LogP contribution in [-0.2, 0) is 23.9 Å². The summed E-state index contributed by atoms with van der Waals surface area (Å²) in [6.45, 7) is 6.48. The lowest BCUT2D eigenvalue weighted by Crippen LogP contribution is -2.59. The lowest BCUT2D eigenvalue weighted by molar-refractivity contribution is -0.144. The normalized spacial score (nSPS) is 28.4. The molecule has 3 aliphatic carbocycles. The van der Waals surface area contributed by atoms with E-state index in [4.69, 9.17) is 10.5 Å². The number of carbonyl (C=O) groups excluding carboxylic acids is 5. The fraction of sp³-hybridized carbons (Fsp3) is 0.808. The number of rotatable bonds is 10. The molecule has 4 rings (SSSR count). The number of primary amides is 1. The van der Waals surface area contributed by atoms with Crippen molar-refractivity contribution in [3.05, 3.63) is 0 Å². The molecule has 1 unspecified atom stereocenters. The van der Waals surface area contributed by atoms with E-state index in [1.54, 1.807) is 11.8 Å². The summed E-state index contributed by atoms with van der Waals surface area (Å²) >= 11 is 0. The SMILES string of the molecule is CCOC(=O)N[C@H](C(=O)N1C[C@H]2[C@@H]([C@H]1C(=O)NC(CC1CC1)C(=O)C(N)=O)C2(C)C)C1CCCCC1. The highest BCUT2D eigenvalue weighted by atomic mass is 16.5. The smallest absolute Gasteiger partial charge is 0.407 e. The maximum Gasteiger partial charge on any atom is 0.407 e. The number of hydrogen-bond donors (Lipinski definition) is 3. The number of hydrogen-bond acceptors (Lipinski definition) is 6. The zero-order valence-electron chi connectivity index (χ0n) is 21.6. The van der Waals surface area contributed by atoms with E-state index in [9.17, 15) is 24.0 Å². The number of nitrogens with zero attached hydrogens (tertiary/aromatic N) is 1. The summed E-state index contributed by atoms with van der Waals surface area (Å²) in [5, 5.41) is 5.56. The Balaban J connectivity index is 1.55. The predicted molar refractivity (Wildman–Crippen MR) is 130 cm³/mol. The van der Waals surface area contributed by atoms with Crippen LogP contribution in [0.5, 0.6) is 0 Å². The van der Waals surface area contributed by atoms with E-state index in [0.29, 0.717) is 13.0 Å². The Kier molecular flexibility index (Phi) is 7.61. The van der Waals surface area contributed by atoms with Gasteiger partial charge in [-0.25, -0.2) is 4.79 Å². The maximum absolute atomic E-state index is 13.9. The van der Waals surface area contributed by atoms with Crippen LogP contribution in [0, 0.1) is 29.1 Å².